The topological polar surface area (TPSA) is 220 Å². The summed E-state index contributed by atoms with van der Waals surface area (Å²) in [6, 6.07) is 0. The summed E-state index contributed by atoms with van der Waals surface area (Å²) in [6.45, 7) is 16.6. The van der Waals surface area contributed by atoms with Gasteiger partial charge in [-0.3, -0.25) is 19.2 Å². The molecule has 0 aromatic rings. The highest BCUT2D eigenvalue weighted by atomic mass is 32.2. The molecule has 284 valence electrons. The largest absolute Gasteiger partial charge is 0.481 e. The Hall–Kier alpha value is -2.34. The van der Waals surface area contributed by atoms with E-state index in [0.717, 1.165) is 38.5 Å². The standard InChI is InChI=1S/C16H28N2O5S.C12H20O4.C4H10N2O2S/c1-5-12-10-16(12,11-13(19)23-15(2,3)4)14(20)17-24(21,22)18-8-6-7-9-18;1-5-8-6-12(8,10(14)15)7-9(13)16-11(2,3)4;5-9(7,8)6-3-1-2-4-6/h12H,5-11H2,1-4H3,(H,17,20);8H,5-7H2,1-4H3,(H,14,15);1-4H2,(H2,5,7,8)/t12-,16-;8-,12-;/m11./s1. The van der Waals surface area contributed by atoms with Gasteiger partial charge < -0.3 is 14.6 Å². The molecule has 0 radical (unpaired) electrons. The van der Waals surface area contributed by atoms with E-state index in [4.69, 9.17) is 19.7 Å². The van der Waals surface area contributed by atoms with Crippen molar-refractivity contribution in [2.75, 3.05) is 26.2 Å². The lowest BCUT2D eigenvalue weighted by Gasteiger charge is -2.23. The third-order valence-corrected chi connectivity index (χ3v) is 11.7. The van der Waals surface area contributed by atoms with Gasteiger partial charge in [0.25, 0.3) is 10.2 Å². The van der Waals surface area contributed by atoms with Crippen molar-refractivity contribution >= 4 is 44.2 Å². The maximum atomic E-state index is 12.6. The number of aliphatic carboxylic acids is 1. The molecular formula is C32H58N4O11S2. The van der Waals surface area contributed by atoms with E-state index in [-0.39, 0.29) is 24.7 Å². The fourth-order valence-corrected chi connectivity index (χ4v) is 8.46. The molecule has 2 aliphatic heterocycles. The number of ether oxygens (including phenoxy) is 2. The van der Waals surface area contributed by atoms with Crippen LogP contribution in [0.1, 0.15) is 120 Å². The maximum absolute atomic E-state index is 12.6. The van der Waals surface area contributed by atoms with Crippen molar-refractivity contribution < 1.29 is 50.6 Å². The van der Waals surface area contributed by atoms with Crippen LogP contribution in [0.4, 0.5) is 0 Å². The Morgan fingerprint density at radius 2 is 1.10 bits per heavy atom. The van der Waals surface area contributed by atoms with Crippen LogP contribution in [0.25, 0.3) is 0 Å². The summed E-state index contributed by atoms with van der Waals surface area (Å²) in [5.41, 5.74) is -2.98. The number of carbonyl (C=O) groups excluding carboxylic acids is 3. The van der Waals surface area contributed by atoms with Crippen molar-refractivity contribution in [3.8, 4) is 0 Å². The number of nitrogens with two attached hydrogens (primary N) is 1. The van der Waals surface area contributed by atoms with Crippen molar-refractivity contribution in [1.29, 1.82) is 0 Å². The number of esters is 2. The van der Waals surface area contributed by atoms with Crippen LogP contribution in [-0.2, 0) is 49.1 Å². The Balaban J connectivity index is 0.000000285. The molecule has 2 heterocycles. The Labute approximate surface area is 292 Å². The number of carbonyl (C=O) groups is 4. The SMILES string of the molecule is CC[C@@H]1C[C@]1(CC(=O)OC(C)(C)C)C(=O)NS(=O)(=O)N1CCCC1.CC[C@@H]1C[C@]1(CC(=O)OC(C)(C)C)C(=O)O.NS(=O)(=O)N1CCCC1. The lowest BCUT2D eigenvalue weighted by Crippen LogP contribution is -2.46. The smallest absolute Gasteiger partial charge is 0.310 e. The third kappa shape index (κ3) is 12.7. The van der Waals surface area contributed by atoms with Gasteiger partial charge in [-0.25, -0.2) is 9.86 Å². The van der Waals surface area contributed by atoms with Gasteiger partial charge in [0, 0.05) is 26.2 Å². The average molecular weight is 739 g/mol. The zero-order valence-corrected chi connectivity index (χ0v) is 32.0. The van der Waals surface area contributed by atoms with Gasteiger partial charge in [-0.05, 0) is 91.9 Å². The number of nitrogens with one attached hydrogen (secondary N) is 1. The third-order valence-electron chi connectivity index (χ3n) is 9.14. The Morgan fingerprint density at radius 3 is 1.41 bits per heavy atom. The van der Waals surface area contributed by atoms with Crippen molar-refractivity contribution in [2.24, 2.45) is 27.8 Å². The van der Waals surface area contributed by atoms with Crippen LogP contribution < -0.4 is 9.86 Å². The van der Waals surface area contributed by atoms with Crippen molar-refractivity contribution in [1.82, 2.24) is 13.3 Å². The number of nitrogens with zero attached hydrogens (tertiary/aromatic N) is 2. The molecule has 2 saturated heterocycles. The molecule has 1 amide bonds. The molecule has 0 aromatic carbocycles. The highest BCUT2D eigenvalue weighted by molar-refractivity contribution is 7.87. The van der Waals surface area contributed by atoms with Gasteiger partial charge in [0.15, 0.2) is 0 Å². The van der Waals surface area contributed by atoms with Crippen LogP contribution in [0.2, 0.25) is 0 Å². The molecule has 4 aliphatic rings. The van der Waals surface area contributed by atoms with E-state index in [2.05, 4.69) is 4.72 Å². The summed E-state index contributed by atoms with van der Waals surface area (Å²) in [7, 11) is -7.19. The Bertz CT molecular complexity index is 1410. The normalized spacial score (nSPS) is 27.1. The van der Waals surface area contributed by atoms with Crippen molar-refractivity contribution in [2.45, 2.75) is 131 Å². The first-order valence-electron chi connectivity index (χ1n) is 17.1. The molecule has 2 saturated carbocycles. The molecular weight excluding hydrogens is 681 g/mol. The van der Waals surface area contributed by atoms with Gasteiger partial charge in [0.05, 0.1) is 23.7 Å². The quantitative estimate of drug-likeness (QED) is 0.262. The summed E-state index contributed by atoms with van der Waals surface area (Å²) in [6.07, 6.45) is 6.04. The lowest BCUT2D eigenvalue weighted by atomic mass is 9.97. The number of hydrogen-bond donors (Lipinski definition) is 3. The van der Waals surface area contributed by atoms with Gasteiger partial charge in [-0.15, -0.1) is 0 Å². The van der Waals surface area contributed by atoms with Crippen molar-refractivity contribution in [3.05, 3.63) is 0 Å². The number of rotatable bonds is 11. The first-order valence-corrected chi connectivity index (χ1v) is 20.0. The second kappa shape index (κ2) is 16.3. The van der Waals surface area contributed by atoms with Crippen LogP contribution in [0.15, 0.2) is 0 Å². The summed E-state index contributed by atoms with van der Waals surface area (Å²) >= 11 is 0. The zero-order chi connectivity index (χ0) is 37.6. The summed E-state index contributed by atoms with van der Waals surface area (Å²) in [5, 5.41) is 14.0. The van der Waals surface area contributed by atoms with E-state index < -0.39 is 66.3 Å². The number of carboxylic acids is 1. The van der Waals surface area contributed by atoms with E-state index >= 15 is 0 Å². The van der Waals surface area contributed by atoms with Gasteiger partial charge in [0.2, 0.25) is 5.91 Å². The summed E-state index contributed by atoms with van der Waals surface area (Å²) in [5.74, 6) is -2.19. The fourth-order valence-electron chi connectivity index (χ4n) is 6.39. The number of carboxylic acid groups (broad SMARTS) is 1. The van der Waals surface area contributed by atoms with Crippen LogP contribution >= 0.6 is 0 Å². The molecule has 17 heteroatoms. The lowest BCUT2D eigenvalue weighted by molar-refractivity contribution is -0.161. The molecule has 49 heavy (non-hydrogen) atoms. The zero-order valence-electron chi connectivity index (χ0n) is 30.4. The van der Waals surface area contributed by atoms with Crippen LogP contribution in [0.5, 0.6) is 0 Å². The maximum Gasteiger partial charge on any atom is 0.310 e. The first kappa shape index (κ1) is 42.8. The molecule has 2 aliphatic carbocycles. The number of amides is 1. The molecule has 15 nitrogen and oxygen atoms in total. The molecule has 0 spiro atoms. The predicted octanol–water partition coefficient (Wildman–Crippen LogP) is 3.10. The van der Waals surface area contributed by atoms with Crippen LogP contribution in [0.3, 0.4) is 0 Å². The van der Waals surface area contributed by atoms with Gasteiger partial charge in [-0.2, -0.15) is 25.4 Å². The Morgan fingerprint density at radius 1 is 0.735 bits per heavy atom. The second-order valence-electron chi connectivity index (χ2n) is 15.5. The molecule has 4 N–H and O–H groups in total. The minimum atomic E-state index is -3.82. The van der Waals surface area contributed by atoms with E-state index in [1.54, 1.807) is 41.5 Å². The van der Waals surface area contributed by atoms with Gasteiger partial charge in [0.1, 0.15) is 11.2 Å². The van der Waals surface area contributed by atoms with Crippen LogP contribution in [0, 0.1) is 22.7 Å². The van der Waals surface area contributed by atoms with E-state index in [9.17, 15) is 36.0 Å². The molecule has 4 rings (SSSR count). The Kier molecular flexibility index (Phi) is 14.3. The monoisotopic (exact) mass is 738 g/mol. The van der Waals surface area contributed by atoms with Crippen LogP contribution in [-0.4, -0.2) is 91.7 Å². The second-order valence-corrected chi connectivity index (χ2v) is 18.7. The van der Waals surface area contributed by atoms with Crippen molar-refractivity contribution in [3.63, 3.8) is 0 Å². The first-order chi connectivity index (χ1) is 22.3. The van der Waals surface area contributed by atoms with Gasteiger partial charge >= 0.3 is 28.1 Å². The molecule has 0 bridgehead atoms. The predicted molar refractivity (Wildman–Crippen MR) is 182 cm³/mol. The molecule has 0 aromatic heterocycles. The molecule has 0 unspecified atom stereocenters. The van der Waals surface area contributed by atoms with E-state index in [1.807, 2.05) is 13.8 Å². The summed E-state index contributed by atoms with van der Waals surface area (Å²) < 4.78 is 60.9. The molecule has 4 fully saturated rings. The minimum Gasteiger partial charge on any atom is -0.481 e. The van der Waals surface area contributed by atoms with E-state index in [0.29, 0.717) is 39.0 Å². The van der Waals surface area contributed by atoms with Gasteiger partial charge in [-0.1, -0.05) is 26.7 Å². The highest BCUT2D eigenvalue weighted by Crippen LogP contribution is 2.58. The number of hydrogen-bond acceptors (Lipinski definition) is 10. The molecule has 4 atom stereocenters. The minimum absolute atomic E-state index is 0.00188. The average Bonchev–Trinajstić information content (AvgIpc) is 3.55. The fraction of sp³-hybridized carbons (Fsp3) is 0.875. The van der Waals surface area contributed by atoms with E-state index in [1.165, 1.54) is 8.61 Å². The highest BCUT2D eigenvalue weighted by Gasteiger charge is 2.61. The summed E-state index contributed by atoms with van der Waals surface area (Å²) in [4.78, 5) is 47.5.